The minimum Gasteiger partial charge on any atom is -0.445 e. The number of hydrogen-bond acceptors (Lipinski definition) is 5. The van der Waals surface area contributed by atoms with Crippen LogP contribution in [-0.2, 0) is 11.3 Å². The van der Waals surface area contributed by atoms with Gasteiger partial charge in [0.1, 0.15) is 12.7 Å². The summed E-state index contributed by atoms with van der Waals surface area (Å²) in [5.41, 5.74) is 4.99. The van der Waals surface area contributed by atoms with Crippen molar-refractivity contribution in [2.45, 2.75) is 31.6 Å². The van der Waals surface area contributed by atoms with E-state index in [2.05, 4.69) is 15.8 Å². The normalized spacial score (nSPS) is 16.0. The fraction of sp³-hybridized carbons (Fsp3) is 0.381. The highest BCUT2D eigenvalue weighted by Crippen LogP contribution is 2.17. The Balaban J connectivity index is 0.00000280. The molecule has 2 atom stereocenters. The highest BCUT2D eigenvalue weighted by Gasteiger charge is 2.24. The zero-order valence-electron chi connectivity index (χ0n) is 15.8. The predicted octanol–water partition coefficient (Wildman–Crippen LogP) is 3.04. The van der Waals surface area contributed by atoms with Crippen LogP contribution in [0.4, 0.5) is 4.79 Å². The number of nitrogens with one attached hydrogen (secondary N) is 2. The van der Waals surface area contributed by atoms with Crippen molar-refractivity contribution in [1.82, 2.24) is 15.8 Å². The van der Waals surface area contributed by atoms with Gasteiger partial charge in [-0.2, -0.15) is 0 Å². The van der Waals surface area contributed by atoms with Gasteiger partial charge >= 0.3 is 6.09 Å². The Morgan fingerprint density at radius 1 is 1.04 bits per heavy atom. The van der Waals surface area contributed by atoms with Gasteiger partial charge in [-0.15, -0.1) is 12.4 Å². The van der Waals surface area contributed by atoms with E-state index in [1.54, 1.807) is 0 Å². The summed E-state index contributed by atoms with van der Waals surface area (Å²) in [6.07, 6.45) is 0.948. The third-order valence-corrected chi connectivity index (χ3v) is 4.68. The summed E-state index contributed by atoms with van der Waals surface area (Å²) in [5, 5.41) is 15.7. The molecule has 7 heteroatoms. The van der Waals surface area contributed by atoms with Crippen LogP contribution in [0.2, 0.25) is 0 Å². The number of hydrazine groups is 1. The molecule has 1 heterocycles. The summed E-state index contributed by atoms with van der Waals surface area (Å²) in [7, 11) is 0. The molecule has 2 aromatic carbocycles. The summed E-state index contributed by atoms with van der Waals surface area (Å²) in [6.45, 7) is 2.58. The van der Waals surface area contributed by atoms with E-state index in [4.69, 9.17) is 4.74 Å². The van der Waals surface area contributed by atoms with Crippen LogP contribution >= 0.6 is 12.4 Å². The van der Waals surface area contributed by atoms with Crippen molar-refractivity contribution in [1.29, 1.82) is 0 Å². The topological polar surface area (TPSA) is 73.8 Å². The van der Waals surface area contributed by atoms with Crippen LogP contribution in [0.15, 0.2) is 60.7 Å². The molecule has 0 aliphatic carbocycles. The Hall–Kier alpha value is -2.12. The molecule has 1 aliphatic rings. The average molecular weight is 406 g/mol. The van der Waals surface area contributed by atoms with Gasteiger partial charge in [-0.25, -0.2) is 9.80 Å². The second-order valence-corrected chi connectivity index (χ2v) is 6.72. The molecule has 1 aliphatic heterocycles. The number of benzene rings is 2. The largest absolute Gasteiger partial charge is 0.445 e. The van der Waals surface area contributed by atoms with E-state index in [0.29, 0.717) is 6.54 Å². The number of alkyl carbamates (subject to hydrolysis) is 1. The summed E-state index contributed by atoms with van der Waals surface area (Å²) < 4.78 is 5.31. The molecule has 1 fully saturated rings. The molecule has 0 spiro atoms. The predicted molar refractivity (Wildman–Crippen MR) is 111 cm³/mol. The Morgan fingerprint density at radius 3 is 2.29 bits per heavy atom. The molecule has 0 saturated carbocycles. The second-order valence-electron chi connectivity index (χ2n) is 6.72. The Morgan fingerprint density at radius 2 is 1.64 bits per heavy atom. The first kappa shape index (κ1) is 22.2. The Bertz CT molecular complexity index is 697. The number of carbonyl (C=O) groups excluding carboxylic acids is 1. The van der Waals surface area contributed by atoms with E-state index in [1.165, 1.54) is 0 Å². The van der Waals surface area contributed by atoms with Gasteiger partial charge in [0.05, 0.1) is 6.04 Å². The molecule has 0 bridgehead atoms. The van der Waals surface area contributed by atoms with Gasteiger partial charge in [0, 0.05) is 19.6 Å². The van der Waals surface area contributed by atoms with Crippen LogP contribution in [0, 0.1) is 0 Å². The number of ether oxygens (including phenoxy) is 1. The van der Waals surface area contributed by atoms with Crippen LogP contribution in [0.25, 0.3) is 0 Å². The van der Waals surface area contributed by atoms with Crippen molar-refractivity contribution < 1.29 is 14.6 Å². The zero-order valence-corrected chi connectivity index (χ0v) is 16.6. The lowest BCUT2D eigenvalue weighted by Crippen LogP contribution is -2.49. The lowest BCUT2D eigenvalue weighted by molar-refractivity contribution is 0.0910. The third-order valence-electron chi connectivity index (χ3n) is 4.68. The number of aliphatic hydroxyl groups is 1. The van der Waals surface area contributed by atoms with E-state index in [-0.39, 0.29) is 19.0 Å². The number of nitrogens with zero attached hydrogens (tertiary/aromatic N) is 1. The summed E-state index contributed by atoms with van der Waals surface area (Å²) in [4.78, 5) is 12.3. The number of halogens is 1. The molecule has 28 heavy (non-hydrogen) atoms. The van der Waals surface area contributed by atoms with Crippen molar-refractivity contribution in [3.63, 3.8) is 0 Å². The summed E-state index contributed by atoms with van der Waals surface area (Å²) in [6, 6.07) is 18.4. The van der Waals surface area contributed by atoms with E-state index >= 15 is 0 Å². The van der Waals surface area contributed by atoms with E-state index in [9.17, 15) is 9.90 Å². The summed E-state index contributed by atoms with van der Waals surface area (Å²) in [5.74, 6) is 0. The van der Waals surface area contributed by atoms with Crippen molar-refractivity contribution >= 4 is 18.5 Å². The van der Waals surface area contributed by atoms with Crippen LogP contribution < -0.4 is 10.7 Å². The fourth-order valence-corrected chi connectivity index (χ4v) is 3.14. The van der Waals surface area contributed by atoms with Gasteiger partial charge < -0.3 is 15.2 Å². The lowest BCUT2D eigenvalue weighted by Gasteiger charge is -2.27. The molecular weight excluding hydrogens is 378 g/mol. The highest BCUT2D eigenvalue weighted by atomic mass is 35.5. The maximum Gasteiger partial charge on any atom is 0.407 e. The standard InChI is InChI=1S/C21H27N3O3.ClH/c25-20(18-11-5-2-6-12-18)19(15-22-24-13-7-8-14-24)23-21(26)27-16-17-9-3-1-4-10-17;/h1-6,9-12,19-20,22,25H,7-8,13-16H2,(H,23,26);1H. The average Bonchev–Trinajstić information content (AvgIpc) is 3.24. The molecule has 3 rings (SSSR count). The molecular formula is C21H28ClN3O3. The van der Waals surface area contributed by atoms with Crippen molar-refractivity contribution in [2.75, 3.05) is 19.6 Å². The van der Waals surface area contributed by atoms with Crippen LogP contribution in [-0.4, -0.2) is 41.9 Å². The maximum atomic E-state index is 12.3. The van der Waals surface area contributed by atoms with Crippen LogP contribution in [0.3, 0.4) is 0 Å². The van der Waals surface area contributed by atoms with Gasteiger partial charge in [-0.3, -0.25) is 5.43 Å². The molecule has 152 valence electrons. The second kappa shape index (κ2) is 11.7. The van der Waals surface area contributed by atoms with Crippen molar-refractivity contribution in [3.05, 3.63) is 71.8 Å². The van der Waals surface area contributed by atoms with Gasteiger partial charge in [-0.05, 0) is 24.0 Å². The molecule has 1 saturated heterocycles. The number of carbonyl (C=O) groups is 1. The zero-order chi connectivity index (χ0) is 18.9. The third kappa shape index (κ3) is 6.80. The fourth-order valence-electron chi connectivity index (χ4n) is 3.14. The monoisotopic (exact) mass is 405 g/mol. The molecule has 6 nitrogen and oxygen atoms in total. The molecule has 2 unspecified atom stereocenters. The number of amides is 1. The SMILES string of the molecule is Cl.O=C(NC(CNN1CCCC1)C(O)c1ccccc1)OCc1ccccc1. The molecule has 1 amide bonds. The first-order valence-electron chi connectivity index (χ1n) is 9.41. The van der Waals surface area contributed by atoms with Gasteiger partial charge in [0.25, 0.3) is 0 Å². The highest BCUT2D eigenvalue weighted by molar-refractivity contribution is 5.85. The quantitative estimate of drug-likeness (QED) is 0.629. The Kier molecular flexibility index (Phi) is 9.23. The number of hydrogen-bond donors (Lipinski definition) is 3. The summed E-state index contributed by atoms with van der Waals surface area (Å²) >= 11 is 0. The molecule has 0 aromatic heterocycles. The minimum atomic E-state index is -0.828. The van der Waals surface area contributed by atoms with Gasteiger partial charge in [0.15, 0.2) is 0 Å². The smallest absolute Gasteiger partial charge is 0.407 e. The number of rotatable bonds is 8. The van der Waals surface area contributed by atoms with Gasteiger partial charge in [0.2, 0.25) is 0 Å². The van der Waals surface area contributed by atoms with E-state index < -0.39 is 18.2 Å². The molecule has 0 radical (unpaired) electrons. The van der Waals surface area contributed by atoms with E-state index in [0.717, 1.165) is 37.1 Å². The maximum absolute atomic E-state index is 12.3. The van der Waals surface area contributed by atoms with Crippen LogP contribution in [0.1, 0.15) is 30.1 Å². The van der Waals surface area contributed by atoms with Crippen molar-refractivity contribution in [3.8, 4) is 0 Å². The van der Waals surface area contributed by atoms with Crippen molar-refractivity contribution in [2.24, 2.45) is 0 Å². The number of aliphatic hydroxyl groups excluding tert-OH is 1. The van der Waals surface area contributed by atoms with Crippen LogP contribution in [0.5, 0.6) is 0 Å². The first-order valence-corrected chi connectivity index (χ1v) is 9.41. The molecule has 2 aromatic rings. The Labute approximate surface area is 172 Å². The lowest BCUT2D eigenvalue weighted by atomic mass is 10.0. The molecule has 3 N–H and O–H groups in total. The minimum absolute atomic E-state index is 0. The first-order chi connectivity index (χ1) is 13.2. The van der Waals surface area contributed by atoms with E-state index in [1.807, 2.05) is 60.7 Å². The van der Waals surface area contributed by atoms with Gasteiger partial charge in [-0.1, -0.05) is 60.7 Å².